The van der Waals surface area contributed by atoms with Crippen LogP contribution in [0.2, 0.25) is 10.0 Å². The summed E-state index contributed by atoms with van der Waals surface area (Å²) >= 11 is 11.9. The van der Waals surface area contributed by atoms with Crippen molar-refractivity contribution in [1.82, 2.24) is 14.5 Å². The lowest BCUT2D eigenvalue weighted by Gasteiger charge is -2.35. The van der Waals surface area contributed by atoms with E-state index in [1.807, 2.05) is 0 Å². The molecule has 2 fully saturated rings. The summed E-state index contributed by atoms with van der Waals surface area (Å²) in [6.45, 7) is 5.87. The highest BCUT2D eigenvalue weighted by molar-refractivity contribution is 7.88. The molecule has 1 N–H and O–H groups in total. The third-order valence-corrected chi connectivity index (χ3v) is 9.28. The summed E-state index contributed by atoms with van der Waals surface area (Å²) in [6.07, 6.45) is 7.14. The second kappa shape index (κ2) is 12.0. The average molecular weight is 505 g/mol. The van der Waals surface area contributed by atoms with Crippen molar-refractivity contribution in [3.8, 4) is 0 Å². The summed E-state index contributed by atoms with van der Waals surface area (Å²) in [5, 5.41) is 3.82. The minimum absolute atomic E-state index is 0.0530. The molecule has 0 radical (unpaired) electrons. The van der Waals surface area contributed by atoms with Crippen molar-refractivity contribution in [1.29, 1.82) is 0 Å². The molecule has 2 heterocycles. The molecular formula is C23H35Cl2N3O3S. The average Bonchev–Trinajstić information content (AvgIpc) is 2.79. The van der Waals surface area contributed by atoms with Gasteiger partial charge in [-0.25, -0.2) is 12.7 Å². The number of likely N-dealkylation sites (tertiary alicyclic amines) is 1. The van der Waals surface area contributed by atoms with Gasteiger partial charge in [0.1, 0.15) is 0 Å². The van der Waals surface area contributed by atoms with Crippen LogP contribution >= 0.6 is 23.2 Å². The maximum atomic E-state index is 12.8. The zero-order valence-corrected chi connectivity index (χ0v) is 21.2. The van der Waals surface area contributed by atoms with Gasteiger partial charge in [0.05, 0.1) is 15.8 Å². The maximum absolute atomic E-state index is 12.8. The van der Waals surface area contributed by atoms with E-state index in [1.54, 1.807) is 18.2 Å². The monoisotopic (exact) mass is 503 g/mol. The van der Waals surface area contributed by atoms with Gasteiger partial charge < -0.3 is 10.2 Å². The quantitative estimate of drug-likeness (QED) is 0.509. The predicted molar refractivity (Wildman–Crippen MR) is 131 cm³/mol. The van der Waals surface area contributed by atoms with Gasteiger partial charge in [-0.1, -0.05) is 42.6 Å². The molecule has 0 unspecified atom stereocenters. The van der Waals surface area contributed by atoms with E-state index in [-0.39, 0.29) is 17.6 Å². The molecule has 2 aliphatic heterocycles. The molecule has 2 aliphatic rings. The SMILES string of the molecule is CC[C@H]1CCCCN1CCCNC(=O)C1CCN(S(=O)(=O)Cc2ccc(Cl)c(Cl)c2)CC1. The molecule has 0 spiro atoms. The smallest absolute Gasteiger partial charge is 0.223 e. The zero-order chi connectivity index (χ0) is 23.1. The van der Waals surface area contributed by atoms with E-state index in [9.17, 15) is 13.2 Å². The number of piperidine rings is 2. The van der Waals surface area contributed by atoms with Crippen LogP contribution in [0.25, 0.3) is 0 Å². The molecule has 0 bridgehead atoms. The molecule has 0 saturated carbocycles. The molecule has 180 valence electrons. The van der Waals surface area contributed by atoms with E-state index in [4.69, 9.17) is 23.2 Å². The Hall–Kier alpha value is -0.860. The van der Waals surface area contributed by atoms with Gasteiger partial charge in [-0.05, 0) is 62.8 Å². The fourth-order valence-electron chi connectivity index (χ4n) is 4.78. The summed E-state index contributed by atoms with van der Waals surface area (Å²) in [4.78, 5) is 15.1. The van der Waals surface area contributed by atoms with Gasteiger partial charge in [0, 0.05) is 38.1 Å². The summed E-state index contributed by atoms with van der Waals surface area (Å²) < 4.78 is 27.1. The lowest BCUT2D eigenvalue weighted by Crippen LogP contribution is -2.44. The van der Waals surface area contributed by atoms with Gasteiger partial charge in [-0.2, -0.15) is 0 Å². The zero-order valence-electron chi connectivity index (χ0n) is 18.9. The number of rotatable bonds is 9. The van der Waals surface area contributed by atoms with Gasteiger partial charge in [0.25, 0.3) is 0 Å². The first-order chi connectivity index (χ1) is 15.3. The van der Waals surface area contributed by atoms with Gasteiger partial charge in [-0.3, -0.25) is 4.79 Å². The van der Waals surface area contributed by atoms with E-state index >= 15 is 0 Å². The number of carbonyl (C=O) groups excluding carboxylic acids is 1. The molecule has 9 heteroatoms. The largest absolute Gasteiger partial charge is 0.356 e. The molecule has 2 saturated heterocycles. The maximum Gasteiger partial charge on any atom is 0.223 e. The highest BCUT2D eigenvalue weighted by Gasteiger charge is 2.31. The van der Waals surface area contributed by atoms with Crippen LogP contribution in [0.1, 0.15) is 57.4 Å². The lowest BCUT2D eigenvalue weighted by molar-refractivity contribution is -0.126. The number of carbonyl (C=O) groups is 1. The minimum Gasteiger partial charge on any atom is -0.356 e. The fourth-order valence-corrected chi connectivity index (χ4v) is 6.65. The molecule has 1 aromatic carbocycles. The van der Waals surface area contributed by atoms with E-state index in [0.29, 0.717) is 54.1 Å². The first kappa shape index (κ1) is 25.8. The van der Waals surface area contributed by atoms with E-state index in [0.717, 1.165) is 13.0 Å². The topological polar surface area (TPSA) is 69.7 Å². The molecule has 1 aromatic rings. The lowest BCUT2D eigenvalue weighted by atomic mass is 9.97. The summed E-state index contributed by atoms with van der Waals surface area (Å²) in [7, 11) is -3.46. The first-order valence-electron chi connectivity index (χ1n) is 11.7. The van der Waals surface area contributed by atoms with Gasteiger partial charge in [-0.15, -0.1) is 0 Å². The van der Waals surface area contributed by atoms with E-state index in [2.05, 4.69) is 17.1 Å². The Balaban J connectivity index is 1.39. The molecule has 6 nitrogen and oxygen atoms in total. The normalized spacial score (nSPS) is 21.5. The van der Waals surface area contributed by atoms with Crippen LogP contribution in [-0.2, 0) is 20.6 Å². The van der Waals surface area contributed by atoms with Crippen molar-refractivity contribution < 1.29 is 13.2 Å². The molecule has 0 aliphatic carbocycles. The Labute approximate surface area is 202 Å². The Bertz CT molecular complexity index is 873. The van der Waals surface area contributed by atoms with Crippen molar-refractivity contribution in [3.63, 3.8) is 0 Å². The number of sulfonamides is 1. The van der Waals surface area contributed by atoms with E-state index in [1.165, 1.54) is 36.5 Å². The van der Waals surface area contributed by atoms with Crippen LogP contribution < -0.4 is 5.32 Å². The molecule has 0 aromatic heterocycles. The highest BCUT2D eigenvalue weighted by atomic mass is 35.5. The van der Waals surface area contributed by atoms with Gasteiger partial charge in [0.15, 0.2) is 0 Å². The number of amides is 1. The van der Waals surface area contributed by atoms with Crippen LogP contribution in [0.4, 0.5) is 0 Å². The van der Waals surface area contributed by atoms with Crippen LogP contribution in [0.5, 0.6) is 0 Å². The van der Waals surface area contributed by atoms with Crippen LogP contribution in [0, 0.1) is 5.92 Å². The van der Waals surface area contributed by atoms with Gasteiger partial charge >= 0.3 is 0 Å². The Morgan fingerprint density at radius 3 is 2.53 bits per heavy atom. The number of nitrogens with zero attached hydrogens (tertiary/aromatic N) is 2. The molecule has 1 amide bonds. The van der Waals surface area contributed by atoms with Crippen LogP contribution in [0.3, 0.4) is 0 Å². The summed E-state index contributed by atoms with van der Waals surface area (Å²) in [5.74, 6) is -0.183. The predicted octanol–water partition coefficient (Wildman–Crippen LogP) is 4.31. The minimum atomic E-state index is -3.46. The van der Waals surface area contributed by atoms with Crippen LogP contribution in [0.15, 0.2) is 18.2 Å². The third kappa shape index (κ3) is 7.07. The first-order valence-corrected chi connectivity index (χ1v) is 14.1. The van der Waals surface area contributed by atoms with Gasteiger partial charge in [0.2, 0.25) is 15.9 Å². The van der Waals surface area contributed by atoms with Crippen LogP contribution in [-0.4, -0.2) is 62.3 Å². The summed E-state index contributed by atoms with van der Waals surface area (Å²) in [6, 6.07) is 5.57. The standard InChI is InChI=1S/C23H35Cl2N3O3S/c1-2-20-6-3-4-12-27(20)13-5-11-26-23(29)19-9-14-28(15-10-19)32(30,31)17-18-7-8-21(24)22(25)16-18/h7-8,16,19-20H,2-6,9-15,17H2,1H3,(H,26,29)/t20-/m0/s1. The van der Waals surface area contributed by atoms with E-state index < -0.39 is 10.0 Å². The second-order valence-electron chi connectivity index (χ2n) is 8.92. The molecule has 1 atom stereocenters. The number of nitrogens with one attached hydrogen (secondary N) is 1. The third-order valence-electron chi connectivity index (χ3n) is 6.69. The Morgan fingerprint density at radius 1 is 1.09 bits per heavy atom. The Morgan fingerprint density at radius 2 is 1.84 bits per heavy atom. The Kier molecular flexibility index (Phi) is 9.68. The number of hydrogen-bond donors (Lipinski definition) is 1. The van der Waals surface area contributed by atoms with Crippen molar-refractivity contribution in [2.75, 3.05) is 32.7 Å². The highest BCUT2D eigenvalue weighted by Crippen LogP contribution is 2.26. The van der Waals surface area contributed by atoms with Crippen molar-refractivity contribution in [3.05, 3.63) is 33.8 Å². The second-order valence-corrected chi connectivity index (χ2v) is 11.7. The van der Waals surface area contributed by atoms with Crippen molar-refractivity contribution in [2.45, 2.75) is 63.7 Å². The molecule has 3 rings (SSSR count). The fraction of sp³-hybridized carbons (Fsp3) is 0.696. The number of benzene rings is 1. The molecular weight excluding hydrogens is 469 g/mol. The van der Waals surface area contributed by atoms with Crippen molar-refractivity contribution >= 4 is 39.1 Å². The number of hydrogen-bond acceptors (Lipinski definition) is 4. The van der Waals surface area contributed by atoms with Crippen molar-refractivity contribution in [2.24, 2.45) is 5.92 Å². The number of halogens is 2. The molecule has 32 heavy (non-hydrogen) atoms. The summed E-state index contributed by atoms with van der Waals surface area (Å²) in [5.41, 5.74) is 0.610.